The highest BCUT2D eigenvalue weighted by Crippen LogP contribution is 2.25. The molecule has 2 nitrogen and oxygen atoms in total. The molecule has 0 rings (SSSR count). The summed E-state index contributed by atoms with van der Waals surface area (Å²) in [5.74, 6) is -0.407. The normalized spacial score (nSPS) is 12.9. The second kappa shape index (κ2) is 11.6. The van der Waals surface area contributed by atoms with Crippen LogP contribution in [0.4, 0.5) is 0 Å². The van der Waals surface area contributed by atoms with Gasteiger partial charge in [0.25, 0.3) is 0 Å². The van der Waals surface area contributed by atoms with Crippen molar-refractivity contribution in [1.82, 2.24) is 0 Å². The van der Waals surface area contributed by atoms with Crippen LogP contribution >= 0.6 is 0 Å². The van der Waals surface area contributed by atoms with Crippen LogP contribution in [0.5, 0.6) is 0 Å². The minimum Gasteiger partial charge on any atom is -0.481 e. The van der Waals surface area contributed by atoms with E-state index < -0.39 is 5.97 Å². The molecular weight excluding hydrogens is 224 g/mol. The van der Waals surface area contributed by atoms with Gasteiger partial charge in [-0.2, -0.15) is 0 Å². The predicted octanol–water partition coefficient (Wildman–Crippen LogP) is 5.26. The zero-order chi connectivity index (χ0) is 13.8. The van der Waals surface area contributed by atoms with E-state index in [1.807, 2.05) is 6.92 Å². The summed E-state index contributed by atoms with van der Waals surface area (Å²) in [4.78, 5) is 11.1. The van der Waals surface area contributed by atoms with Gasteiger partial charge in [0.2, 0.25) is 0 Å². The average molecular weight is 256 g/mol. The summed E-state index contributed by atoms with van der Waals surface area (Å²) in [6.45, 7) is 6.30. The summed E-state index contributed by atoms with van der Waals surface area (Å²) in [7, 11) is 0. The molecule has 0 saturated carbocycles. The molecule has 0 aliphatic carbocycles. The molecule has 18 heavy (non-hydrogen) atoms. The number of carboxylic acids is 1. The molecule has 0 unspecified atom stereocenters. The van der Waals surface area contributed by atoms with E-state index in [4.69, 9.17) is 5.11 Å². The highest BCUT2D eigenvalue weighted by Gasteiger charge is 2.22. The third-order valence-corrected chi connectivity index (χ3v) is 3.95. The van der Waals surface area contributed by atoms with E-state index in [2.05, 4.69) is 13.8 Å². The average Bonchev–Trinajstić information content (AvgIpc) is 2.36. The van der Waals surface area contributed by atoms with Gasteiger partial charge in [-0.05, 0) is 18.8 Å². The van der Waals surface area contributed by atoms with Crippen LogP contribution < -0.4 is 0 Å². The van der Waals surface area contributed by atoms with Crippen LogP contribution in [-0.4, -0.2) is 11.1 Å². The van der Waals surface area contributed by atoms with Gasteiger partial charge in [-0.25, -0.2) is 0 Å². The Morgan fingerprint density at radius 2 is 1.33 bits per heavy atom. The van der Waals surface area contributed by atoms with Crippen LogP contribution in [0.2, 0.25) is 0 Å². The minimum absolute atomic E-state index is 0.173. The first-order valence-corrected chi connectivity index (χ1v) is 7.86. The first kappa shape index (κ1) is 17.5. The van der Waals surface area contributed by atoms with Gasteiger partial charge >= 0.3 is 5.97 Å². The fourth-order valence-corrected chi connectivity index (χ4v) is 2.51. The van der Waals surface area contributed by atoms with E-state index >= 15 is 0 Å². The fraction of sp³-hybridized carbons (Fsp3) is 0.938. The first-order valence-electron chi connectivity index (χ1n) is 7.86. The molecule has 0 aromatic rings. The lowest BCUT2D eigenvalue weighted by Gasteiger charge is -2.20. The highest BCUT2D eigenvalue weighted by atomic mass is 16.4. The largest absolute Gasteiger partial charge is 0.481 e. The number of unbranched alkanes of at least 4 members (excludes halogenated alkanes) is 6. The second-order valence-electron chi connectivity index (χ2n) is 5.59. The lowest BCUT2D eigenvalue weighted by atomic mass is 9.84. The number of rotatable bonds is 12. The molecule has 0 aliphatic rings. The molecular formula is C16H32O2. The van der Waals surface area contributed by atoms with Crippen molar-refractivity contribution in [3.63, 3.8) is 0 Å². The van der Waals surface area contributed by atoms with E-state index in [-0.39, 0.29) is 5.92 Å². The van der Waals surface area contributed by atoms with Gasteiger partial charge in [0.1, 0.15) is 0 Å². The molecule has 0 bridgehead atoms. The molecule has 0 amide bonds. The molecule has 0 heterocycles. The second-order valence-corrected chi connectivity index (χ2v) is 5.59. The highest BCUT2D eigenvalue weighted by molar-refractivity contribution is 5.69. The van der Waals surface area contributed by atoms with Crippen molar-refractivity contribution in [2.75, 3.05) is 0 Å². The van der Waals surface area contributed by atoms with E-state index in [9.17, 15) is 4.79 Å². The van der Waals surface area contributed by atoms with E-state index in [1.165, 1.54) is 51.4 Å². The van der Waals surface area contributed by atoms with Gasteiger partial charge in [0.15, 0.2) is 0 Å². The molecule has 0 fully saturated rings. The van der Waals surface area contributed by atoms with Gasteiger partial charge < -0.3 is 5.11 Å². The first-order chi connectivity index (χ1) is 8.63. The van der Waals surface area contributed by atoms with Crippen LogP contribution in [0.3, 0.4) is 0 Å². The maximum absolute atomic E-state index is 11.1. The Hall–Kier alpha value is -0.530. The van der Waals surface area contributed by atoms with Crippen LogP contribution in [0.1, 0.15) is 85.0 Å². The quantitative estimate of drug-likeness (QED) is 0.483. The topological polar surface area (TPSA) is 37.3 Å². The van der Waals surface area contributed by atoms with Crippen LogP contribution in [0.25, 0.3) is 0 Å². The molecule has 1 N–H and O–H groups in total. The number of hydrogen-bond donors (Lipinski definition) is 1. The third kappa shape index (κ3) is 8.54. The molecule has 0 saturated heterocycles. The molecule has 2 heteroatoms. The maximum atomic E-state index is 11.1. The predicted molar refractivity (Wildman–Crippen MR) is 77.8 cm³/mol. The Morgan fingerprint density at radius 3 is 1.67 bits per heavy atom. The smallest absolute Gasteiger partial charge is 0.306 e. The van der Waals surface area contributed by atoms with Crippen molar-refractivity contribution >= 4 is 5.97 Å². The monoisotopic (exact) mass is 256 g/mol. The van der Waals surface area contributed by atoms with Gasteiger partial charge in [0, 0.05) is 0 Å². The molecule has 0 radical (unpaired) electrons. The summed E-state index contributed by atoms with van der Waals surface area (Å²) in [6.07, 6.45) is 12.2. The van der Waals surface area contributed by atoms with Crippen molar-refractivity contribution < 1.29 is 9.90 Å². The minimum atomic E-state index is -0.619. The van der Waals surface area contributed by atoms with Gasteiger partial charge in [-0.1, -0.05) is 72.1 Å². The number of hydrogen-bond acceptors (Lipinski definition) is 1. The summed E-state index contributed by atoms with van der Waals surface area (Å²) in [6, 6.07) is 0. The molecule has 0 aliphatic heterocycles. The zero-order valence-electron chi connectivity index (χ0n) is 12.6. The fourth-order valence-electron chi connectivity index (χ4n) is 2.51. The van der Waals surface area contributed by atoms with Gasteiger partial charge in [-0.3, -0.25) is 4.79 Å². The van der Waals surface area contributed by atoms with E-state index in [1.54, 1.807) is 0 Å². The van der Waals surface area contributed by atoms with E-state index in [0.717, 1.165) is 12.8 Å². The maximum Gasteiger partial charge on any atom is 0.306 e. The Morgan fingerprint density at radius 1 is 0.889 bits per heavy atom. The number of carbonyl (C=O) groups is 1. The van der Waals surface area contributed by atoms with E-state index in [0.29, 0.717) is 5.92 Å². The summed E-state index contributed by atoms with van der Waals surface area (Å²) in [5, 5.41) is 9.16. The Kier molecular flexibility index (Phi) is 11.2. The molecule has 1 atom stereocenters. The molecule has 0 spiro atoms. The molecule has 0 aromatic heterocycles. The van der Waals surface area contributed by atoms with Crippen molar-refractivity contribution in [2.45, 2.75) is 85.0 Å². The number of aliphatic carboxylic acids is 1. The van der Waals surface area contributed by atoms with Crippen LogP contribution in [-0.2, 0) is 4.79 Å². The van der Waals surface area contributed by atoms with Crippen molar-refractivity contribution in [3.8, 4) is 0 Å². The van der Waals surface area contributed by atoms with Crippen LogP contribution in [0, 0.1) is 11.8 Å². The Balaban J connectivity index is 3.96. The SMILES string of the molecule is CCCCCCC(CCCCCC)[C@H](C)C(=O)O. The van der Waals surface area contributed by atoms with Gasteiger partial charge in [-0.15, -0.1) is 0 Å². The number of carboxylic acid groups (broad SMARTS) is 1. The Labute approximate surface area is 113 Å². The third-order valence-electron chi connectivity index (χ3n) is 3.95. The molecule has 0 aromatic carbocycles. The van der Waals surface area contributed by atoms with Crippen LogP contribution in [0.15, 0.2) is 0 Å². The summed E-state index contributed by atoms with van der Waals surface area (Å²) < 4.78 is 0. The van der Waals surface area contributed by atoms with Gasteiger partial charge in [0.05, 0.1) is 5.92 Å². The lowest BCUT2D eigenvalue weighted by molar-refractivity contribution is -0.143. The Bertz CT molecular complexity index is 189. The van der Waals surface area contributed by atoms with Crippen molar-refractivity contribution in [2.24, 2.45) is 11.8 Å². The van der Waals surface area contributed by atoms with Crippen molar-refractivity contribution in [3.05, 3.63) is 0 Å². The zero-order valence-corrected chi connectivity index (χ0v) is 12.6. The summed E-state index contributed by atoms with van der Waals surface area (Å²) >= 11 is 0. The molecule has 108 valence electrons. The standard InChI is InChI=1S/C16H32O2/c1-4-6-8-10-12-15(14(3)16(17)18)13-11-9-7-5-2/h14-15H,4-13H2,1-3H3,(H,17,18)/t14-/m0/s1. The summed E-state index contributed by atoms with van der Waals surface area (Å²) in [5.41, 5.74) is 0. The lowest BCUT2D eigenvalue weighted by Crippen LogP contribution is -2.20. The van der Waals surface area contributed by atoms with Crippen molar-refractivity contribution in [1.29, 1.82) is 0 Å².